The number of piperidine rings is 1. The molecule has 7 heteroatoms. The van der Waals surface area contributed by atoms with Gasteiger partial charge in [-0.15, -0.1) is 0 Å². The predicted molar refractivity (Wildman–Crippen MR) is 116 cm³/mol. The Balaban J connectivity index is 1.25. The van der Waals surface area contributed by atoms with E-state index < -0.39 is 6.10 Å². The maximum Gasteiger partial charge on any atom is 0.326 e. The largest absolute Gasteiger partial charge is 0.496 e. The van der Waals surface area contributed by atoms with Crippen molar-refractivity contribution in [3.05, 3.63) is 64.6 Å². The molecule has 0 aliphatic carbocycles. The van der Waals surface area contributed by atoms with Gasteiger partial charge in [0, 0.05) is 31.2 Å². The topological polar surface area (TPSA) is 79.7 Å². The molecule has 0 bridgehead atoms. The van der Waals surface area contributed by atoms with Crippen LogP contribution in [0.25, 0.3) is 11.0 Å². The summed E-state index contributed by atoms with van der Waals surface area (Å²) < 4.78 is 12.9. The van der Waals surface area contributed by atoms with Crippen LogP contribution in [0.5, 0.6) is 5.75 Å². The first-order chi connectivity index (χ1) is 14.7. The minimum absolute atomic E-state index is 0.0422. The number of imidazole rings is 1. The number of aliphatic hydroxyl groups excluding tert-OH is 1. The molecule has 4 rings (SSSR count). The number of nitrogens with one attached hydrogen (secondary N) is 1. The number of aliphatic hydroxyl groups is 1. The van der Waals surface area contributed by atoms with Crippen molar-refractivity contribution < 1.29 is 14.6 Å². The lowest BCUT2D eigenvalue weighted by atomic mass is 10.0. The van der Waals surface area contributed by atoms with Crippen LogP contribution in [-0.2, 0) is 11.3 Å². The van der Waals surface area contributed by atoms with Gasteiger partial charge >= 0.3 is 5.69 Å². The third kappa shape index (κ3) is 4.59. The Morgan fingerprint density at radius 3 is 2.67 bits per heavy atom. The minimum atomic E-state index is -0.549. The molecule has 2 N–H and O–H groups in total. The van der Waals surface area contributed by atoms with E-state index in [0.717, 1.165) is 48.3 Å². The number of nitrogens with zero attached hydrogens (tertiary/aromatic N) is 2. The average molecular weight is 412 g/mol. The molecule has 1 aliphatic rings. The lowest BCUT2D eigenvalue weighted by molar-refractivity contribution is 0.00445. The Hall–Kier alpha value is -2.61. The summed E-state index contributed by atoms with van der Waals surface area (Å²) in [7, 11) is 1.64. The Labute approximate surface area is 175 Å². The van der Waals surface area contributed by atoms with Crippen LogP contribution in [0.3, 0.4) is 0 Å². The van der Waals surface area contributed by atoms with Crippen molar-refractivity contribution >= 4 is 11.0 Å². The number of likely N-dealkylation sites (tertiary alicyclic amines) is 1. The fourth-order valence-corrected chi connectivity index (χ4v) is 4.27. The molecular formula is C23H29N3O4. The minimum Gasteiger partial charge on any atom is -0.496 e. The molecular weight excluding hydrogens is 382 g/mol. The number of ether oxygens (including phenoxy) is 2. The lowest BCUT2D eigenvalue weighted by Crippen LogP contribution is -2.41. The van der Waals surface area contributed by atoms with Crippen molar-refractivity contribution in [1.82, 2.24) is 14.5 Å². The molecule has 1 atom stereocenters. The molecule has 7 nitrogen and oxygen atoms in total. The average Bonchev–Trinajstić information content (AvgIpc) is 3.10. The molecule has 1 fully saturated rings. The standard InChI is InChI=1S/C23H29N3O4/c1-29-22-9-5-2-6-17(22)15-30-16-19(27)14-25-12-10-18(11-13-25)26-21-8-4-3-7-20(21)24-23(26)28/h2-9,18-19,27H,10-16H2,1H3,(H,24,28). The Morgan fingerprint density at radius 2 is 1.87 bits per heavy atom. The van der Waals surface area contributed by atoms with Crippen molar-refractivity contribution in [3.8, 4) is 5.75 Å². The van der Waals surface area contributed by atoms with E-state index in [1.165, 1.54) is 0 Å². The van der Waals surface area contributed by atoms with Gasteiger partial charge in [0.05, 0.1) is 37.5 Å². The molecule has 1 aromatic heterocycles. The zero-order valence-electron chi connectivity index (χ0n) is 17.3. The fourth-order valence-electron chi connectivity index (χ4n) is 4.27. The van der Waals surface area contributed by atoms with Crippen LogP contribution in [0.1, 0.15) is 24.4 Å². The summed E-state index contributed by atoms with van der Waals surface area (Å²) in [4.78, 5) is 17.6. The van der Waals surface area contributed by atoms with Gasteiger partial charge in [-0.25, -0.2) is 4.79 Å². The van der Waals surface area contributed by atoms with E-state index in [4.69, 9.17) is 9.47 Å². The number of H-pyrrole nitrogens is 1. The first kappa shape index (κ1) is 20.7. The molecule has 2 aromatic carbocycles. The van der Waals surface area contributed by atoms with E-state index in [-0.39, 0.29) is 18.3 Å². The monoisotopic (exact) mass is 411 g/mol. The highest BCUT2D eigenvalue weighted by molar-refractivity contribution is 5.75. The highest BCUT2D eigenvalue weighted by Crippen LogP contribution is 2.25. The van der Waals surface area contributed by atoms with Gasteiger partial charge in [0.15, 0.2) is 0 Å². The molecule has 30 heavy (non-hydrogen) atoms. The molecule has 3 aromatic rings. The number of aromatic nitrogens is 2. The summed E-state index contributed by atoms with van der Waals surface area (Å²) in [5.74, 6) is 0.793. The Morgan fingerprint density at radius 1 is 1.13 bits per heavy atom. The van der Waals surface area contributed by atoms with Crippen LogP contribution >= 0.6 is 0 Å². The SMILES string of the molecule is COc1ccccc1COCC(O)CN1CCC(n2c(=O)[nH]c3ccccc32)CC1. The molecule has 2 heterocycles. The summed E-state index contributed by atoms with van der Waals surface area (Å²) >= 11 is 0. The zero-order valence-corrected chi connectivity index (χ0v) is 17.3. The quantitative estimate of drug-likeness (QED) is 0.596. The normalized spacial score (nSPS) is 16.7. The lowest BCUT2D eigenvalue weighted by Gasteiger charge is -2.33. The predicted octanol–water partition coefficient (Wildman–Crippen LogP) is 2.55. The van der Waals surface area contributed by atoms with Crippen LogP contribution < -0.4 is 10.4 Å². The molecule has 1 unspecified atom stereocenters. The summed E-state index contributed by atoms with van der Waals surface area (Å²) in [6, 6.07) is 15.7. The number of benzene rings is 2. The van der Waals surface area contributed by atoms with Crippen LogP contribution in [0.15, 0.2) is 53.3 Å². The Bertz CT molecular complexity index is 1020. The van der Waals surface area contributed by atoms with Gasteiger partial charge in [0.1, 0.15) is 5.75 Å². The first-order valence-electron chi connectivity index (χ1n) is 10.4. The van der Waals surface area contributed by atoms with Gasteiger partial charge in [0.2, 0.25) is 0 Å². The van der Waals surface area contributed by atoms with Gasteiger partial charge in [-0.2, -0.15) is 0 Å². The van der Waals surface area contributed by atoms with Gasteiger partial charge in [-0.05, 0) is 31.0 Å². The fraction of sp³-hybridized carbons (Fsp3) is 0.435. The smallest absolute Gasteiger partial charge is 0.326 e. The van der Waals surface area contributed by atoms with Gasteiger partial charge < -0.3 is 24.5 Å². The molecule has 1 saturated heterocycles. The second-order valence-electron chi connectivity index (χ2n) is 7.83. The van der Waals surface area contributed by atoms with Crippen LogP contribution in [-0.4, -0.2) is 59.0 Å². The number of fused-ring (bicyclic) bond motifs is 1. The summed E-state index contributed by atoms with van der Waals surface area (Å²) in [6.45, 7) is 2.95. The molecule has 0 spiro atoms. The number of β-amino-alcohol motifs (C(OH)–C–C–N with tert-alkyl or cyclic N) is 1. The Kier molecular flexibility index (Phi) is 6.52. The number of rotatable bonds is 8. The molecule has 1 aliphatic heterocycles. The van der Waals surface area contributed by atoms with E-state index in [9.17, 15) is 9.90 Å². The number of para-hydroxylation sites is 3. The van der Waals surface area contributed by atoms with Gasteiger partial charge in [-0.3, -0.25) is 4.57 Å². The van der Waals surface area contributed by atoms with Gasteiger partial charge in [0.25, 0.3) is 0 Å². The second kappa shape index (κ2) is 9.47. The van der Waals surface area contributed by atoms with Crippen molar-refractivity contribution in [2.45, 2.75) is 31.6 Å². The van der Waals surface area contributed by atoms with E-state index in [1.807, 2.05) is 53.1 Å². The number of hydrogen-bond donors (Lipinski definition) is 2. The zero-order chi connectivity index (χ0) is 20.9. The third-order valence-electron chi connectivity index (χ3n) is 5.78. The highest BCUT2D eigenvalue weighted by atomic mass is 16.5. The summed E-state index contributed by atoms with van der Waals surface area (Å²) in [5, 5.41) is 10.4. The molecule has 0 amide bonds. The summed E-state index contributed by atoms with van der Waals surface area (Å²) in [6.07, 6.45) is 1.22. The van der Waals surface area contributed by atoms with Crippen LogP contribution in [0.2, 0.25) is 0 Å². The van der Waals surface area contributed by atoms with E-state index >= 15 is 0 Å². The molecule has 160 valence electrons. The van der Waals surface area contributed by atoms with Crippen LogP contribution in [0.4, 0.5) is 0 Å². The maximum atomic E-state index is 12.4. The van der Waals surface area contributed by atoms with Gasteiger partial charge in [-0.1, -0.05) is 30.3 Å². The van der Waals surface area contributed by atoms with Crippen molar-refractivity contribution in [1.29, 1.82) is 0 Å². The second-order valence-corrected chi connectivity index (χ2v) is 7.83. The van der Waals surface area contributed by atoms with Crippen LogP contribution in [0, 0.1) is 0 Å². The first-order valence-corrected chi connectivity index (χ1v) is 10.4. The van der Waals surface area contributed by atoms with Crippen molar-refractivity contribution in [2.75, 3.05) is 33.4 Å². The summed E-state index contributed by atoms with van der Waals surface area (Å²) in [5.41, 5.74) is 2.77. The highest BCUT2D eigenvalue weighted by Gasteiger charge is 2.24. The molecule has 0 saturated carbocycles. The number of methoxy groups -OCH3 is 1. The van der Waals surface area contributed by atoms with Crippen molar-refractivity contribution in [3.63, 3.8) is 0 Å². The number of aromatic amines is 1. The third-order valence-corrected chi connectivity index (χ3v) is 5.78. The van der Waals surface area contributed by atoms with E-state index in [1.54, 1.807) is 7.11 Å². The molecule has 0 radical (unpaired) electrons. The van der Waals surface area contributed by atoms with Crippen molar-refractivity contribution in [2.24, 2.45) is 0 Å². The van der Waals surface area contributed by atoms with E-state index in [2.05, 4.69) is 9.88 Å². The van der Waals surface area contributed by atoms with E-state index in [0.29, 0.717) is 13.2 Å². The number of hydrogen-bond acceptors (Lipinski definition) is 5. The maximum absolute atomic E-state index is 12.4.